The lowest BCUT2D eigenvalue weighted by atomic mass is 10.1. The van der Waals surface area contributed by atoms with Crippen molar-refractivity contribution in [3.05, 3.63) is 48.7 Å². The highest BCUT2D eigenvalue weighted by Gasteiger charge is 2.32. The standard InChI is InChI=1S/C14H9N4O/c1-2-11-13(16-4-1)19-14-12-10-6-15-5-3-9(10)7-17(12)8-18(11)14/h1-6,8H,7H2/q+1. The molecule has 19 heavy (non-hydrogen) atoms. The first-order valence-corrected chi connectivity index (χ1v) is 6.13. The van der Waals surface area contributed by atoms with E-state index in [-0.39, 0.29) is 0 Å². The summed E-state index contributed by atoms with van der Waals surface area (Å²) < 4.78 is 10.1. The van der Waals surface area contributed by atoms with Crippen LogP contribution in [-0.4, -0.2) is 14.4 Å². The highest BCUT2D eigenvalue weighted by atomic mass is 16.4. The average Bonchev–Trinajstić information content (AvgIpc) is 3.05. The van der Waals surface area contributed by atoms with Crippen molar-refractivity contribution in [2.75, 3.05) is 0 Å². The van der Waals surface area contributed by atoms with Gasteiger partial charge in [-0.15, -0.1) is 0 Å². The number of nitrogens with zero attached hydrogens (tertiary/aromatic N) is 4. The largest absolute Gasteiger partial charge is 0.396 e. The molecule has 0 atom stereocenters. The molecule has 1 aliphatic heterocycles. The zero-order chi connectivity index (χ0) is 12.4. The van der Waals surface area contributed by atoms with Crippen LogP contribution in [-0.2, 0) is 6.54 Å². The second-order valence-corrected chi connectivity index (χ2v) is 4.73. The van der Waals surface area contributed by atoms with Crippen LogP contribution in [0.25, 0.3) is 28.2 Å². The zero-order valence-corrected chi connectivity index (χ0v) is 9.95. The minimum Gasteiger partial charge on any atom is -0.396 e. The van der Waals surface area contributed by atoms with Gasteiger partial charge in [-0.3, -0.25) is 4.98 Å². The summed E-state index contributed by atoms with van der Waals surface area (Å²) >= 11 is 0. The normalized spacial score (nSPS) is 13.1. The summed E-state index contributed by atoms with van der Waals surface area (Å²) in [6.07, 6.45) is 7.54. The number of pyridine rings is 2. The van der Waals surface area contributed by atoms with Crippen molar-refractivity contribution in [2.45, 2.75) is 6.54 Å². The van der Waals surface area contributed by atoms with Crippen molar-refractivity contribution < 1.29 is 8.98 Å². The second-order valence-electron chi connectivity index (χ2n) is 4.73. The van der Waals surface area contributed by atoms with Gasteiger partial charge >= 0.3 is 5.71 Å². The number of fused-ring (bicyclic) bond motifs is 7. The third-order valence-corrected chi connectivity index (χ3v) is 3.67. The summed E-state index contributed by atoms with van der Waals surface area (Å²) in [6.45, 7) is 0.867. The Kier molecular flexibility index (Phi) is 1.46. The van der Waals surface area contributed by atoms with Crippen LogP contribution in [0.3, 0.4) is 0 Å². The molecule has 1 aliphatic rings. The van der Waals surface area contributed by atoms with Gasteiger partial charge in [0, 0.05) is 24.2 Å². The summed E-state index contributed by atoms with van der Waals surface area (Å²) in [6, 6.07) is 5.99. The number of hydrogen-bond donors (Lipinski definition) is 0. The number of aromatic nitrogens is 4. The van der Waals surface area contributed by atoms with E-state index >= 15 is 0 Å². The number of imidazole rings is 1. The Hall–Kier alpha value is -2.69. The maximum atomic E-state index is 5.90. The molecular weight excluding hydrogens is 240 g/mol. The highest BCUT2D eigenvalue weighted by Crippen LogP contribution is 2.32. The van der Waals surface area contributed by atoms with E-state index in [2.05, 4.69) is 26.9 Å². The molecule has 5 heteroatoms. The molecule has 0 saturated carbocycles. The van der Waals surface area contributed by atoms with Gasteiger partial charge in [0.2, 0.25) is 5.69 Å². The van der Waals surface area contributed by atoms with E-state index in [1.54, 1.807) is 6.20 Å². The van der Waals surface area contributed by atoms with Crippen molar-refractivity contribution in [1.82, 2.24) is 14.4 Å². The molecule has 5 rings (SSSR count). The van der Waals surface area contributed by atoms with Gasteiger partial charge < -0.3 is 4.42 Å². The first-order valence-electron chi connectivity index (χ1n) is 6.13. The van der Waals surface area contributed by atoms with E-state index in [1.165, 1.54) is 5.56 Å². The maximum Gasteiger partial charge on any atom is 0.345 e. The molecule has 0 bridgehead atoms. The minimum atomic E-state index is 0.665. The average molecular weight is 249 g/mol. The second kappa shape index (κ2) is 3.00. The first-order chi connectivity index (χ1) is 9.42. The Bertz CT molecular complexity index is 951. The van der Waals surface area contributed by atoms with Crippen molar-refractivity contribution in [2.24, 2.45) is 0 Å². The molecule has 0 radical (unpaired) electrons. The summed E-state index contributed by atoms with van der Waals surface area (Å²) in [4.78, 5) is 8.48. The van der Waals surface area contributed by atoms with E-state index in [1.807, 2.05) is 28.9 Å². The number of hydrogen-bond acceptors (Lipinski definition) is 3. The molecule has 4 aromatic heterocycles. The van der Waals surface area contributed by atoms with Gasteiger partial charge in [0.05, 0.1) is 5.56 Å². The SMILES string of the molecule is c1cnc2oc3c4[n+](cn3c2c1)Cc1ccncc1-4. The van der Waals surface area contributed by atoms with Crippen LogP contribution in [0.15, 0.2) is 47.5 Å². The smallest absolute Gasteiger partial charge is 0.345 e. The minimum absolute atomic E-state index is 0.665. The van der Waals surface area contributed by atoms with Crippen LogP contribution < -0.4 is 4.57 Å². The van der Waals surface area contributed by atoms with Crippen LogP contribution in [0.1, 0.15) is 5.56 Å². The third kappa shape index (κ3) is 1.03. The van der Waals surface area contributed by atoms with E-state index in [0.29, 0.717) is 5.71 Å². The van der Waals surface area contributed by atoms with Crippen molar-refractivity contribution in [3.8, 4) is 11.3 Å². The molecule has 5 heterocycles. The predicted octanol–water partition coefficient (Wildman–Crippen LogP) is 1.79. The van der Waals surface area contributed by atoms with E-state index in [0.717, 1.165) is 29.0 Å². The highest BCUT2D eigenvalue weighted by molar-refractivity contribution is 5.81. The summed E-state index contributed by atoms with van der Waals surface area (Å²) in [5.74, 6) is 0. The lowest BCUT2D eigenvalue weighted by Gasteiger charge is -1.91. The molecule has 0 spiro atoms. The molecular formula is C14H9N4O+. The van der Waals surface area contributed by atoms with E-state index < -0.39 is 0 Å². The molecule has 90 valence electrons. The lowest BCUT2D eigenvalue weighted by Crippen LogP contribution is -2.29. The number of rotatable bonds is 0. The van der Waals surface area contributed by atoms with E-state index in [9.17, 15) is 0 Å². The monoisotopic (exact) mass is 249 g/mol. The first kappa shape index (κ1) is 9.27. The van der Waals surface area contributed by atoms with Crippen molar-refractivity contribution in [3.63, 3.8) is 0 Å². The Morgan fingerprint density at radius 2 is 2.26 bits per heavy atom. The Labute approximate surface area is 107 Å². The fourth-order valence-corrected chi connectivity index (χ4v) is 2.84. The summed E-state index contributed by atoms with van der Waals surface area (Å²) in [5.41, 5.74) is 6.00. The summed E-state index contributed by atoms with van der Waals surface area (Å²) in [7, 11) is 0. The molecule has 0 aromatic carbocycles. The molecule has 0 fully saturated rings. The molecule has 0 N–H and O–H groups in total. The molecule has 0 aliphatic carbocycles. The van der Waals surface area contributed by atoms with Crippen LogP contribution in [0.5, 0.6) is 0 Å². The van der Waals surface area contributed by atoms with Gasteiger partial charge in [-0.25, -0.2) is 9.55 Å². The third-order valence-electron chi connectivity index (χ3n) is 3.67. The van der Waals surface area contributed by atoms with Gasteiger partial charge in [-0.2, -0.15) is 4.40 Å². The molecule has 5 nitrogen and oxygen atoms in total. The van der Waals surface area contributed by atoms with Crippen LogP contribution >= 0.6 is 0 Å². The lowest BCUT2D eigenvalue weighted by molar-refractivity contribution is -0.671. The number of oxazole rings is 1. The fraction of sp³-hybridized carbons (Fsp3) is 0.0714. The maximum absolute atomic E-state index is 5.90. The van der Waals surface area contributed by atoms with Crippen LogP contribution in [0.2, 0.25) is 0 Å². The molecule has 0 unspecified atom stereocenters. The Balaban J connectivity index is 1.97. The summed E-state index contributed by atoms with van der Waals surface area (Å²) in [5, 5.41) is 0. The fourth-order valence-electron chi connectivity index (χ4n) is 2.84. The van der Waals surface area contributed by atoms with Gasteiger partial charge in [-0.1, -0.05) is 0 Å². The zero-order valence-electron chi connectivity index (χ0n) is 9.95. The van der Waals surface area contributed by atoms with E-state index in [4.69, 9.17) is 4.42 Å². The quantitative estimate of drug-likeness (QED) is 0.393. The van der Waals surface area contributed by atoms with Gasteiger partial charge in [0.15, 0.2) is 5.52 Å². The topological polar surface area (TPSA) is 47.2 Å². The van der Waals surface area contributed by atoms with Gasteiger partial charge in [-0.05, 0) is 18.2 Å². The van der Waals surface area contributed by atoms with Crippen molar-refractivity contribution >= 4 is 16.9 Å². The van der Waals surface area contributed by atoms with Gasteiger partial charge in [0.25, 0.3) is 12.0 Å². The Morgan fingerprint density at radius 3 is 3.26 bits per heavy atom. The van der Waals surface area contributed by atoms with Crippen molar-refractivity contribution in [1.29, 1.82) is 0 Å². The predicted molar refractivity (Wildman–Crippen MR) is 67.5 cm³/mol. The Morgan fingerprint density at radius 1 is 1.26 bits per heavy atom. The van der Waals surface area contributed by atoms with Crippen LogP contribution in [0.4, 0.5) is 0 Å². The molecule has 4 aromatic rings. The van der Waals surface area contributed by atoms with Gasteiger partial charge in [0.1, 0.15) is 6.54 Å². The molecule has 0 amide bonds. The van der Waals surface area contributed by atoms with Crippen LogP contribution in [0, 0.1) is 0 Å². The molecule has 0 saturated heterocycles.